The molecule has 0 bridgehead atoms. The van der Waals surface area contributed by atoms with E-state index in [0.29, 0.717) is 0 Å². The molecule has 1 aromatic carbocycles. The second kappa shape index (κ2) is 5.58. The van der Waals surface area contributed by atoms with Crippen molar-refractivity contribution in [2.24, 2.45) is 5.92 Å². The minimum absolute atomic E-state index is 0.764. The predicted octanol–water partition coefficient (Wildman–Crippen LogP) is 3.83. The molecule has 0 heterocycles. The molecule has 0 unspecified atom stereocenters. The van der Waals surface area contributed by atoms with Crippen LogP contribution >= 0.6 is 0 Å². The van der Waals surface area contributed by atoms with Gasteiger partial charge in [0.05, 0.1) is 0 Å². The molecule has 0 aliphatic carbocycles. The van der Waals surface area contributed by atoms with E-state index in [0.717, 1.165) is 12.3 Å². The van der Waals surface area contributed by atoms with Gasteiger partial charge in [-0.2, -0.15) is 0 Å². The van der Waals surface area contributed by atoms with Crippen molar-refractivity contribution in [1.82, 2.24) is 0 Å². The minimum atomic E-state index is 0.764. The standard InChI is InChI=1S/C13H18/c1-3-8-12(4-2)11-13-9-6-5-7-10-13/h3,5-7,9-10,12H,1,4,8,11H2,2H3/t12-/m1/s1. The third-order valence-corrected chi connectivity index (χ3v) is 2.44. The predicted molar refractivity (Wildman–Crippen MR) is 58.7 cm³/mol. The third-order valence-electron chi connectivity index (χ3n) is 2.44. The fraction of sp³-hybridized carbons (Fsp3) is 0.385. The zero-order valence-corrected chi connectivity index (χ0v) is 8.37. The second-order valence-electron chi connectivity index (χ2n) is 3.49. The molecular formula is C13H18. The van der Waals surface area contributed by atoms with Crippen molar-refractivity contribution in [3.8, 4) is 0 Å². The summed E-state index contributed by atoms with van der Waals surface area (Å²) in [6.45, 7) is 6.04. The highest BCUT2D eigenvalue weighted by molar-refractivity contribution is 5.15. The van der Waals surface area contributed by atoms with Gasteiger partial charge >= 0.3 is 0 Å². The van der Waals surface area contributed by atoms with Gasteiger partial charge in [-0.1, -0.05) is 49.8 Å². The summed E-state index contributed by atoms with van der Waals surface area (Å²) in [7, 11) is 0. The van der Waals surface area contributed by atoms with E-state index < -0.39 is 0 Å². The summed E-state index contributed by atoms with van der Waals surface area (Å²) in [5.74, 6) is 0.764. The molecule has 1 rings (SSSR count). The summed E-state index contributed by atoms with van der Waals surface area (Å²) >= 11 is 0. The zero-order valence-electron chi connectivity index (χ0n) is 8.37. The molecule has 0 heteroatoms. The van der Waals surface area contributed by atoms with Crippen molar-refractivity contribution in [2.45, 2.75) is 26.2 Å². The molecule has 0 N–H and O–H groups in total. The molecule has 0 radical (unpaired) electrons. The van der Waals surface area contributed by atoms with Crippen LogP contribution in [0, 0.1) is 5.92 Å². The van der Waals surface area contributed by atoms with E-state index in [-0.39, 0.29) is 0 Å². The van der Waals surface area contributed by atoms with Gasteiger partial charge in [-0.25, -0.2) is 0 Å². The van der Waals surface area contributed by atoms with Gasteiger partial charge in [-0.05, 0) is 24.3 Å². The lowest BCUT2D eigenvalue weighted by Gasteiger charge is -2.11. The van der Waals surface area contributed by atoms with Gasteiger partial charge in [-0.15, -0.1) is 6.58 Å². The average molecular weight is 174 g/mol. The topological polar surface area (TPSA) is 0 Å². The number of hydrogen-bond donors (Lipinski definition) is 0. The maximum absolute atomic E-state index is 3.79. The monoisotopic (exact) mass is 174 g/mol. The molecule has 0 aliphatic heterocycles. The van der Waals surface area contributed by atoms with Gasteiger partial charge in [0.15, 0.2) is 0 Å². The van der Waals surface area contributed by atoms with Crippen LogP contribution in [0.1, 0.15) is 25.3 Å². The lowest BCUT2D eigenvalue weighted by atomic mass is 9.94. The Balaban J connectivity index is 2.51. The molecule has 0 aliphatic rings. The Bertz CT molecular complexity index is 235. The summed E-state index contributed by atoms with van der Waals surface area (Å²) in [6.07, 6.45) is 5.58. The van der Waals surface area contributed by atoms with Crippen molar-refractivity contribution in [2.75, 3.05) is 0 Å². The molecule has 0 nitrogen and oxygen atoms in total. The van der Waals surface area contributed by atoms with E-state index in [1.54, 1.807) is 0 Å². The maximum Gasteiger partial charge on any atom is -0.0248 e. The quantitative estimate of drug-likeness (QED) is 0.595. The van der Waals surface area contributed by atoms with Crippen molar-refractivity contribution >= 4 is 0 Å². The normalized spacial score (nSPS) is 12.4. The van der Waals surface area contributed by atoms with Crippen molar-refractivity contribution in [3.05, 3.63) is 48.6 Å². The van der Waals surface area contributed by atoms with E-state index in [4.69, 9.17) is 0 Å². The molecule has 0 saturated heterocycles. The summed E-state index contributed by atoms with van der Waals surface area (Å²) in [6, 6.07) is 10.7. The number of hydrogen-bond acceptors (Lipinski definition) is 0. The van der Waals surface area contributed by atoms with E-state index in [1.807, 2.05) is 6.08 Å². The lowest BCUT2D eigenvalue weighted by molar-refractivity contribution is 0.514. The first-order valence-corrected chi connectivity index (χ1v) is 5.01. The van der Waals surface area contributed by atoms with E-state index in [1.165, 1.54) is 18.4 Å². The van der Waals surface area contributed by atoms with Crippen LogP contribution in [-0.4, -0.2) is 0 Å². The highest BCUT2D eigenvalue weighted by atomic mass is 14.1. The molecule has 0 aromatic heterocycles. The Hall–Kier alpha value is -1.04. The molecule has 1 aromatic rings. The van der Waals surface area contributed by atoms with Crippen LogP contribution in [0.4, 0.5) is 0 Å². The van der Waals surface area contributed by atoms with E-state index in [2.05, 4.69) is 43.8 Å². The van der Waals surface area contributed by atoms with Gasteiger partial charge in [0.1, 0.15) is 0 Å². The number of rotatable bonds is 5. The summed E-state index contributed by atoms with van der Waals surface area (Å²) in [5, 5.41) is 0. The highest BCUT2D eigenvalue weighted by Crippen LogP contribution is 2.15. The molecule has 13 heavy (non-hydrogen) atoms. The lowest BCUT2D eigenvalue weighted by Crippen LogP contribution is -2.01. The van der Waals surface area contributed by atoms with Crippen LogP contribution in [-0.2, 0) is 6.42 Å². The van der Waals surface area contributed by atoms with Crippen LogP contribution in [0.3, 0.4) is 0 Å². The second-order valence-corrected chi connectivity index (χ2v) is 3.49. The Morgan fingerprint density at radius 2 is 2.00 bits per heavy atom. The molecule has 1 atom stereocenters. The Morgan fingerprint density at radius 3 is 2.54 bits per heavy atom. The first kappa shape index (κ1) is 10.0. The van der Waals surface area contributed by atoms with Crippen molar-refractivity contribution in [1.29, 1.82) is 0 Å². The molecular weight excluding hydrogens is 156 g/mol. The van der Waals surface area contributed by atoms with Crippen molar-refractivity contribution in [3.63, 3.8) is 0 Å². The first-order chi connectivity index (χ1) is 6.36. The van der Waals surface area contributed by atoms with Gasteiger partial charge < -0.3 is 0 Å². The van der Waals surface area contributed by atoms with Gasteiger partial charge in [0.2, 0.25) is 0 Å². The smallest absolute Gasteiger partial charge is 0.0248 e. The van der Waals surface area contributed by atoms with Gasteiger partial charge in [0, 0.05) is 0 Å². The molecule has 0 saturated carbocycles. The van der Waals surface area contributed by atoms with Crippen molar-refractivity contribution < 1.29 is 0 Å². The molecule has 0 amide bonds. The SMILES string of the molecule is C=CC[C@@H](CC)Cc1ccccc1. The third kappa shape index (κ3) is 3.45. The number of allylic oxidation sites excluding steroid dienone is 1. The van der Waals surface area contributed by atoms with Crippen LogP contribution in [0.25, 0.3) is 0 Å². The molecule has 0 fully saturated rings. The fourth-order valence-electron chi connectivity index (χ4n) is 1.58. The minimum Gasteiger partial charge on any atom is -0.103 e. The van der Waals surface area contributed by atoms with Crippen LogP contribution < -0.4 is 0 Å². The highest BCUT2D eigenvalue weighted by Gasteiger charge is 2.04. The van der Waals surface area contributed by atoms with Crippen LogP contribution in [0.2, 0.25) is 0 Å². The van der Waals surface area contributed by atoms with Crippen LogP contribution in [0.15, 0.2) is 43.0 Å². The van der Waals surface area contributed by atoms with Gasteiger partial charge in [0.25, 0.3) is 0 Å². The van der Waals surface area contributed by atoms with Gasteiger partial charge in [-0.3, -0.25) is 0 Å². The summed E-state index contributed by atoms with van der Waals surface area (Å²) in [5.41, 5.74) is 1.44. The molecule has 70 valence electrons. The largest absolute Gasteiger partial charge is 0.103 e. The zero-order chi connectivity index (χ0) is 9.52. The first-order valence-electron chi connectivity index (χ1n) is 5.01. The average Bonchev–Trinajstić information content (AvgIpc) is 2.19. The molecule has 0 spiro atoms. The van der Waals surface area contributed by atoms with E-state index in [9.17, 15) is 0 Å². The Kier molecular flexibility index (Phi) is 4.31. The maximum atomic E-state index is 3.79. The Morgan fingerprint density at radius 1 is 1.31 bits per heavy atom. The van der Waals surface area contributed by atoms with E-state index >= 15 is 0 Å². The number of benzene rings is 1. The summed E-state index contributed by atoms with van der Waals surface area (Å²) < 4.78 is 0. The van der Waals surface area contributed by atoms with Crippen LogP contribution in [0.5, 0.6) is 0 Å². The summed E-state index contributed by atoms with van der Waals surface area (Å²) in [4.78, 5) is 0. The Labute approximate surface area is 81.3 Å². The fourth-order valence-corrected chi connectivity index (χ4v) is 1.58.